The average molecular weight is 242 g/mol. The van der Waals surface area contributed by atoms with E-state index in [9.17, 15) is 13.2 Å². The van der Waals surface area contributed by atoms with Crippen molar-refractivity contribution >= 4 is 15.6 Å². The van der Waals surface area contributed by atoms with E-state index in [0.717, 1.165) is 12.2 Å². The molecule has 1 unspecified atom stereocenters. The molecule has 0 spiro atoms. The topological polar surface area (TPSA) is 64.3 Å². The Bertz CT molecular complexity index is 498. The first-order valence-electron chi connectivity index (χ1n) is 5.35. The van der Waals surface area contributed by atoms with Gasteiger partial charge in [0.1, 0.15) is 5.76 Å². The molecule has 0 aromatic carbocycles. The Morgan fingerprint density at radius 1 is 1.50 bits per heavy atom. The van der Waals surface area contributed by atoms with E-state index in [0.29, 0.717) is 12.2 Å². The number of hydrogen-bond acceptors (Lipinski definition) is 4. The van der Waals surface area contributed by atoms with Crippen LogP contribution in [0.15, 0.2) is 16.5 Å². The van der Waals surface area contributed by atoms with Gasteiger partial charge in [0.2, 0.25) is 5.78 Å². The van der Waals surface area contributed by atoms with Gasteiger partial charge in [0.05, 0.1) is 11.5 Å². The Morgan fingerprint density at radius 2 is 2.25 bits per heavy atom. The van der Waals surface area contributed by atoms with Crippen LogP contribution < -0.4 is 0 Å². The molecule has 0 saturated carbocycles. The maximum atomic E-state index is 11.9. The van der Waals surface area contributed by atoms with Crippen molar-refractivity contribution in [3.05, 3.63) is 23.7 Å². The van der Waals surface area contributed by atoms with Gasteiger partial charge in [-0.3, -0.25) is 4.79 Å². The fourth-order valence-corrected chi connectivity index (χ4v) is 3.64. The highest BCUT2D eigenvalue weighted by Crippen LogP contribution is 2.23. The van der Waals surface area contributed by atoms with Crippen molar-refractivity contribution in [1.29, 1.82) is 0 Å². The molecule has 0 amide bonds. The summed E-state index contributed by atoms with van der Waals surface area (Å²) >= 11 is 0. The maximum Gasteiger partial charge on any atom is 0.202 e. The molecule has 88 valence electrons. The highest BCUT2D eigenvalue weighted by Gasteiger charge is 2.34. The summed E-state index contributed by atoms with van der Waals surface area (Å²) in [6.45, 7) is 1.94. The van der Waals surface area contributed by atoms with Crippen molar-refractivity contribution in [2.75, 3.05) is 11.5 Å². The Balaban J connectivity index is 2.14. The summed E-state index contributed by atoms with van der Waals surface area (Å²) in [6.07, 6.45) is 1.15. The second-order valence-electron chi connectivity index (χ2n) is 4.08. The molecule has 0 radical (unpaired) electrons. The van der Waals surface area contributed by atoms with Crippen LogP contribution in [-0.4, -0.2) is 25.7 Å². The van der Waals surface area contributed by atoms with Crippen LogP contribution in [0.25, 0.3) is 0 Å². The number of sulfone groups is 1. The molecule has 1 fully saturated rings. The zero-order valence-corrected chi connectivity index (χ0v) is 9.92. The van der Waals surface area contributed by atoms with E-state index >= 15 is 0 Å². The van der Waals surface area contributed by atoms with Crippen LogP contribution in [0.5, 0.6) is 0 Å². The average Bonchev–Trinajstić information content (AvgIpc) is 2.83. The summed E-state index contributed by atoms with van der Waals surface area (Å²) in [6, 6.07) is 3.39. The van der Waals surface area contributed by atoms with Gasteiger partial charge >= 0.3 is 0 Å². The molecule has 16 heavy (non-hydrogen) atoms. The van der Waals surface area contributed by atoms with E-state index in [4.69, 9.17) is 4.42 Å². The standard InChI is InChI=1S/C11H14O4S/c1-2-9-3-4-10(15-9)11(12)8-5-6-16(13,14)7-8/h3-4,8H,2,5-7H2,1H3. The number of carbonyl (C=O) groups is 1. The molecular formula is C11H14O4S. The van der Waals surface area contributed by atoms with Gasteiger partial charge in [-0.15, -0.1) is 0 Å². The molecule has 2 rings (SSSR count). The Hall–Kier alpha value is -1.10. The predicted octanol–water partition coefficient (Wildman–Crippen LogP) is 1.46. The summed E-state index contributed by atoms with van der Waals surface area (Å²) < 4.78 is 27.8. The lowest BCUT2D eigenvalue weighted by atomic mass is 10.0. The van der Waals surface area contributed by atoms with Crippen molar-refractivity contribution in [3.63, 3.8) is 0 Å². The first-order valence-corrected chi connectivity index (χ1v) is 7.17. The van der Waals surface area contributed by atoms with E-state index in [-0.39, 0.29) is 17.3 Å². The molecule has 0 bridgehead atoms. The Kier molecular flexibility index (Phi) is 2.88. The third-order valence-electron chi connectivity index (χ3n) is 2.86. The van der Waals surface area contributed by atoms with Crippen molar-refractivity contribution < 1.29 is 17.6 Å². The van der Waals surface area contributed by atoms with E-state index < -0.39 is 15.8 Å². The molecule has 1 atom stereocenters. The van der Waals surface area contributed by atoms with Crippen LogP contribution in [0.3, 0.4) is 0 Å². The Morgan fingerprint density at radius 3 is 2.75 bits per heavy atom. The van der Waals surface area contributed by atoms with Crippen LogP contribution in [0.4, 0.5) is 0 Å². The molecule has 2 heterocycles. The SMILES string of the molecule is CCc1ccc(C(=O)C2CCS(=O)(=O)C2)o1. The summed E-state index contributed by atoms with van der Waals surface area (Å²) in [4.78, 5) is 11.9. The van der Waals surface area contributed by atoms with Gasteiger partial charge in [-0.05, 0) is 18.6 Å². The highest BCUT2D eigenvalue weighted by molar-refractivity contribution is 7.91. The van der Waals surface area contributed by atoms with Crippen molar-refractivity contribution in [2.24, 2.45) is 5.92 Å². The summed E-state index contributed by atoms with van der Waals surface area (Å²) in [7, 11) is -3.01. The molecule has 5 heteroatoms. The van der Waals surface area contributed by atoms with Gasteiger partial charge in [-0.25, -0.2) is 8.42 Å². The minimum Gasteiger partial charge on any atom is -0.458 e. The second kappa shape index (κ2) is 4.05. The zero-order chi connectivity index (χ0) is 11.8. The molecular weight excluding hydrogens is 228 g/mol. The number of ketones is 1. The fraction of sp³-hybridized carbons (Fsp3) is 0.545. The smallest absolute Gasteiger partial charge is 0.202 e. The molecule has 1 aliphatic rings. The lowest BCUT2D eigenvalue weighted by Gasteiger charge is -2.02. The zero-order valence-electron chi connectivity index (χ0n) is 9.10. The van der Waals surface area contributed by atoms with Crippen molar-refractivity contribution in [2.45, 2.75) is 19.8 Å². The number of aryl methyl sites for hydroxylation is 1. The largest absolute Gasteiger partial charge is 0.458 e. The van der Waals surface area contributed by atoms with Gasteiger partial charge in [-0.2, -0.15) is 0 Å². The van der Waals surface area contributed by atoms with Gasteiger partial charge < -0.3 is 4.42 Å². The van der Waals surface area contributed by atoms with E-state index in [2.05, 4.69) is 0 Å². The van der Waals surface area contributed by atoms with Crippen molar-refractivity contribution in [3.8, 4) is 0 Å². The van der Waals surface area contributed by atoms with Gasteiger partial charge in [0.15, 0.2) is 15.6 Å². The molecule has 1 saturated heterocycles. The summed E-state index contributed by atoms with van der Waals surface area (Å²) in [5.41, 5.74) is 0. The summed E-state index contributed by atoms with van der Waals surface area (Å²) in [5.74, 6) is 0.531. The number of Topliss-reactive ketones (excluding diaryl/α,β-unsaturated/α-hetero) is 1. The molecule has 0 aliphatic carbocycles. The number of furan rings is 1. The lowest BCUT2D eigenvalue weighted by Crippen LogP contribution is -2.15. The second-order valence-corrected chi connectivity index (χ2v) is 6.31. The van der Waals surface area contributed by atoms with Gasteiger partial charge in [0, 0.05) is 12.3 Å². The molecule has 4 nitrogen and oxygen atoms in total. The molecule has 1 aliphatic heterocycles. The van der Waals surface area contributed by atoms with Crippen LogP contribution in [0.2, 0.25) is 0 Å². The fourth-order valence-electron chi connectivity index (χ4n) is 1.90. The quantitative estimate of drug-likeness (QED) is 0.753. The number of rotatable bonds is 3. The number of carbonyl (C=O) groups excluding carboxylic acids is 1. The predicted molar refractivity (Wildman–Crippen MR) is 59.2 cm³/mol. The van der Waals surface area contributed by atoms with Crippen LogP contribution in [0.1, 0.15) is 29.7 Å². The molecule has 1 aromatic heterocycles. The minimum absolute atomic E-state index is 0.0337. The first kappa shape index (κ1) is 11.4. The third kappa shape index (κ3) is 2.19. The third-order valence-corrected chi connectivity index (χ3v) is 4.62. The van der Waals surface area contributed by atoms with Crippen LogP contribution >= 0.6 is 0 Å². The van der Waals surface area contributed by atoms with E-state index in [1.54, 1.807) is 12.1 Å². The lowest BCUT2D eigenvalue weighted by molar-refractivity contribution is 0.0903. The Labute approximate surface area is 94.6 Å². The maximum absolute atomic E-state index is 11.9. The summed E-state index contributed by atoms with van der Waals surface area (Å²) in [5, 5.41) is 0. The first-order chi connectivity index (χ1) is 7.52. The monoisotopic (exact) mass is 242 g/mol. The normalized spacial score (nSPS) is 23.4. The van der Waals surface area contributed by atoms with Gasteiger partial charge in [-0.1, -0.05) is 6.92 Å². The van der Waals surface area contributed by atoms with E-state index in [1.165, 1.54) is 0 Å². The molecule has 1 aromatic rings. The van der Waals surface area contributed by atoms with Crippen LogP contribution in [-0.2, 0) is 16.3 Å². The van der Waals surface area contributed by atoms with Gasteiger partial charge in [0.25, 0.3) is 0 Å². The minimum atomic E-state index is -3.01. The van der Waals surface area contributed by atoms with E-state index in [1.807, 2.05) is 6.92 Å². The van der Waals surface area contributed by atoms with Crippen LogP contribution in [0, 0.1) is 5.92 Å². The molecule has 0 N–H and O–H groups in total. The van der Waals surface area contributed by atoms with Crippen molar-refractivity contribution in [1.82, 2.24) is 0 Å². The highest BCUT2D eigenvalue weighted by atomic mass is 32.2. The number of hydrogen-bond donors (Lipinski definition) is 0.